The van der Waals surface area contributed by atoms with Crippen molar-refractivity contribution in [3.05, 3.63) is 118 Å². The normalized spacial score (nSPS) is 13.0. The molecule has 6 nitrogen and oxygen atoms in total. The summed E-state index contributed by atoms with van der Waals surface area (Å²) >= 11 is 0. The van der Waals surface area contributed by atoms with E-state index in [-0.39, 0.29) is 22.3 Å². The topological polar surface area (TPSA) is 114 Å². The predicted octanol–water partition coefficient (Wildman–Crippen LogP) is 9.36. The van der Waals surface area contributed by atoms with Gasteiger partial charge in [0.2, 0.25) is 0 Å². The van der Waals surface area contributed by atoms with Gasteiger partial charge in [-0.3, -0.25) is 0 Å². The van der Waals surface area contributed by atoms with E-state index in [2.05, 4.69) is 9.47 Å². The molecule has 4 aromatic rings. The third-order valence-electron chi connectivity index (χ3n) is 7.66. The molecule has 0 saturated carbocycles. The highest BCUT2D eigenvalue weighted by Gasteiger charge is 2.42. The number of nitrogens with zero attached hydrogens (tertiary/aromatic N) is 4. The van der Waals surface area contributed by atoms with E-state index in [9.17, 15) is 47.4 Å². The predicted molar refractivity (Wildman–Crippen MR) is 160 cm³/mol. The van der Waals surface area contributed by atoms with Crippen molar-refractivity contribution in [2.24, 2.45) is 0 Å². The van der Waals surface area contributed by atoms with Crippen LogP contribution in [-0.4, -0.2) is 12.7 Å². The van der Waals surface area contributed by atoms with Crippen molar-refractivity contribution >= 4 is 22.3 Å². The maximum Gasteiger partial charge on any atom is 0.573 e. The van der Waals surface area contributed by atoms with Gasteiger partial charge in [-0.2, -0.15) is 21.0 Å². The largest absolute Gasteiger partial charge is 0.573 e. The molecule has 0 N–H and O–H groups in total. The van der Waals surface area contributed by atoms with E-state index in [4.69, 9.17) is 0 Å². The summed E-state index contributed by atoms with van der Waals surface area (Å²) < 4.78 is 85.0. The highest BCUT2D eigenvalue weighted by molar-refractivity contribution is 6.39. The summed E-state index contributed by atoms with van der Waals surface area (Å²) in [6, 6.07) is 27.6. The van der Waals surface area contributed by atoms with Crippen LogP contribution in [0.1, 0.15) is 22.3 Å². The lowest BCUT2D eigenvalue weighted by molar-refractivity contribution is -0.275. The van der Waals surface area contributed by atoms with Gasteiger partial charge in [0, 0.05) is 22.3 Å². The summed E-state index contributed by atoms with van der Waals surface area (Å²) in [7, 11) is 0. The zero-order valence-corrected chi connectivity index (χ0v) is 24.0. The van der Waals surface area contributed by atoms with Crippen molar-refractivity contribution in [2.75, 3.05) is 0 Å². The number of halogens is 6. The molecule has 0 aliphatic heterocycles. The third kappa shape index (κ3) is 5.38. The Bertz CT molecular complexity index is 2090. The SMILES string of the molecule is N#CC(C#N)=C1C2=C(C(=C(C#N)C#N)c3cccc(-c4ccc(OC(F)(F)F)cc4)c32)c2c1cccc2-c1ccc(OC(F)(F)F)cc1. The number of benzene rings is 4. The van der Waals surface area contributed by atoms with Crippen molar-refractivity contribution in [2.45, 2.75) is 12.7 Å². The molecule has 4 aromatic carbocycles. The Morgan fingerprint density at radius 3 is 1.06 bits per heavy atom. The highest BCUT2D eigenvalue weighted by Crippen LogP contribution is 2.62. The standard InChI is InChI=1S/C36H14F6N4O2/c37-35(38,39)47-23-11-7-19(8-12-23)25-3-1-5-27-29(21(15-43)16-44)33-32-26(20-9-13-24(14-10-20)48-36(40,41)42)4-2-6-28(32)30(22(17-45)18-46)34(33)31(25)27/h1-14H. The maximum absolute atomic E-state index is 12.8. The molecule has 2 aliphatic carbocycles. The lowest BCUT2D eigenvalue weighted by atomic mass is 9.84. The molecule has 0 bridgehead atoms. The minimum Gasteiger partial charge on any atom is -0.406 e. The number of ether oxygens (including phenoxy) is 2. The lowest BCUT2D eigenvalue weighted by Gasteiger charge is -2.18. The van der Waals surface area contributed by atoms with Crippen LogP contribution >= 0.6 is 0 Å². The van der Waals surface area contributed by atoms with Gasteiger partial charge in [-0.15, -0.1) is 26.3 Å². The van der Waals surface area contributed by atoms with Gasteiger partial charge in [0.1, 0.15) is 46.9 Å². The van der Waals surface area contributed by atoms with Gasteiger partial charge < -0.3 is 9.47 Å². The third-order valence-corrected chi connectivity index (χ3v) is 7.66. The Labute approximate surface area is 268 Å². The fourth-order valence-electron chi connectivity index (χ4n) is 6.03. The van der Waals surface area contributed by atoms with E-state index in [1.165, 1.54) is 24.3 Å². The Kier molecular flexibility index (Phi) is 7.52. The van der Waals surface area contributed by atoms with Crippen LogP contribution in [0.5, 0.6) is 11.5 Å². The Balaban J connectivity index is 1.66. The van der Waals surface area contributed by atoms with Gasteiger partial charge in [0.05, 0.1) is 0 Å². The molecule has 2 aliphatic rings. The van der Waals surface area contributed by atoms with Crippen molar-refractivity contribution < 1.29 is 35.8 Å². The minimum absolute atomic E-state index is 0.194. The number of hydrogen-bond acceptors (Lipinski definition) is 6. The number of fused-ring (bicyclic) bond motifs is 4. The zero-order chi connectivity index (χ0) is 34.4. The molecule has 0 amide bonds. The summed E-state index contributed by atoms with van der Waals surface area (Å²) in [5, 5.41) is 40.3. The van der Waals surface area contributed by atoms with E-state index in [1.807, 2.05) is 24.3 Å². The van der Waals surface area contributed by atoms with Crippen LogP contribution in [0.4, 0.5) is 26.3 Å². The molecule has 6 rings (SSSR count). The van der Waals surface area contributed by atoms with Crippen LogP contribution in [0.15, 0.2) is 96.1 Å². The maximum atomic E-state index is 12.8. The molecule has 0 saturated heterocycles. The highest BCUT2D eigenvalue weighted by atomic mass is 19.4. The summed E-state index contributed by atoms with van der Waals surface area (Å²) in [6.45, 7) is 0. The van der Waals surface area contributed by atoms with Gasteiger partial charge in [-0.25, -0.2) is 0 Å². The van der Waals surface area contributed by atoms with Crippen molar-refractivity contribution in [1.82, 2.24) is 0 Å². The van der Waals surface area contributed by atoms with E-state index < -0.39 is 24.2 Å². The first-order chi connectivity index (χ1) is 22.9. The van der Waals surface area contributed by atoms with Crippen LogP contribution in [0.25, 0.3) is 44.5 Å². The monoisotopic (exact) mass is 648 g/mol. The molecule has 0 heterocycles. The number of rotatable bonds is 4. The van der Waals surface area contributed by atoms with Crippen LogP contribution in [0.3, 0.4) is 0 Å². The van der Waals surface area contributed by atoms with Gasteiger partial charge in [0.15, 0.2) is 0 Å². The fourth-order valence-corrected chi connectivity index (χ4v) is 6.03. The van der Waals surface area contributed by atoms with E-state index >= 15 is 0 Å². The number of nitriles is 4. The Hall–Kier alpha value is -6.76. The van der Waals surface area contributed by atoms with Gasteiger partial charge in [-0.05, 0) is 68.8 Å². The molecule has 0 spiro atoms. The fraction of sp³-hybridized carbons (Fsp3) is 0.0556. The molecule has 232 valence electrons. The molecule has 0 unspecified atom stereocenters. The Morgan fingerprint density at radius 2 is 0.771 bits per heavy atom. The van der Waals surface area contributed by atoms with Crippen molar-refractivity contribution in [3.63, 3.8) is 0 Å². The van der Waals surface area contributed by atoms with Gasteiger partial charge in [0.25, 0.3) is 0 Å². The number of allylic oxidation sites excluding steroid dienone is 6. The molecule has 0 aromatic heterocycles. The summed E-state index contributed by atoms with van der Waals surface area (Å²) in [5.41, 5.74) is 3.89. The second-order valence-electron chi connectivity index (χ2n) is 10.3. The van der Waals surface area contributed by atoms with Crippen molar-refractivity contribution in [3.8, 4) is 58.0 Å². The first-order valence-corrected chi connectivity index (χ1v) is 13.7. The minimum atomic E-state index is -4.91. The average molecular weight is 649 g/mol. The summed E-state index contributed by atoms with van der Waals surface area (Å²) in [5.74, 6) is -0.922. The van der Waals surface area contributed by atoms with Crippen LogP contribution in [0, 0.1) is 45.3 Å². The van der Waals surface area contributed by atoms with Crippen LogP contribution < -0.4 is 9.47 Å². The van der Waals surface area contributed by atoms with Crippen LogP contribution in [-0.2, 0) is 0 Å². The van der Waals surface area contributed by atoms with E-state index in [1.54, 1.807) is 36.4 Å². The number of hydrogen-bond donors (Lipinski definition) is 0. The summed E-state index contributed by atoms with van der Waals surface area (Å²) in [4.78, 5) is 0. The Morgan fingerprint density at radius 1 is 0.458 bits per heavy atom. The molecule has 48 heavy (non-hydrogen) atoms. The molecular weight excluding hydrogens is 634 g/mol. The molecule has 0 fully saturated rings. The van der Waals surface area contributed by atoms with Crippen molar-refractivity contribution in [1.29, 1.82) is 21.0 Å². The quantitative estimate of drug-likeness (QED) is 0.161. The zero-order valence-electron chi connectivity index (χ0n) is 24.0. The van der Waals surface area contributed by atoms with Gasteiger partial charge in [-0.1, -0.05) is 60.7 Å². The first-order valence-electron chi connectivity index (χ1n) is 13.7. The summed E-state index contributed by atoms with van der Waals surface area (Å²) in [6.07, 6.45) is -9.83. The van der Waals surface area contributed by atoms with E-state index in [0.29, 0.717) is 55.7 Å². The molecule has 0 radical (unpaired) electrons. The molecular formula is C36H14F6N4O2. The van der Waals surface area contributed by atoms with Crippen LogP contribution in [0.2, 0.25) is 0 Å². The molecule has 12 heteroatoms. The van der Waals surface area contributed by atoms with Gasteiger partial charge >= 0.3 is 12.7 Å². The average Bonchev–Trinajstić information content (AvgIpc) is 3.55. The smallest absolute Gasteiger partial charge is 0.406 e. The lowest BCUT2D eigenvalue weighted by Crippen LogP contribution is -2.16. The second kappa shape index (κ2) is 11.6. The number of alkyl halides is 6. The first kappa shape index (κ1) is 31.2. The van der Waals surface area contributed by atoms with E-state index in [0.717, 1.165) is 24.3 Å². The second-order valence-corrected chi connectivity index (χ2v) is 10.3. The molecule has 0 atom stereocenters.